The number of benzene rings is 1. The molecule has 0 saturated carbocycles. The zero-order valence-corrected chi connectivity index (χ0v) is 10.0. The molecule has 0 atom stereocenters. The average Bonchev–Trinajstić information content (AvgIpc) is 2.72. The van der Waals surface area contributed by atoms with E-state index in [4.69, 9.17) is 4.42 Å². The third kappa shape index (κ3) is 1.91. The van der Waals surface area contributed by atoms with E-state index in [9.17, 15) is 0 Å². The maximum Gasteiger partial charge on any atom is 0.226 e. The molecule has 4 nitrogen and oxygen atoms in total. The summed E-state index contributed by atoms with van der Waals surface area (Å²) in [6, 6.07) is 6.06. The van der Waals surface area contributed by atoms with Crippen LogP contribution >= 0.6 is 0 Å². The summed E-state index contributed by atoms with van der Waals surface area (Å²) in [6.07, 6.45) is 1.98. The van der Waals surface area contributed by atoms with Crippen LogP contribution in [0.5, 0.6) is 0 Å². The lowest BCUT2D eigenvalue weighted by molar-refractivity contribution is 0.345. The number of likely N-dealkylation sites (N-methyl/N-ethyl adjacent to an activating group) is 1. The van der Waals surface area contributed by atoms with Crippen LogP contribution in [0, 0.1) is 6.92 Å². The van der Waals surface area contributed by atoms with E-state index in [1.54, 1.807) is 0 Å². The van der Waals surface area contributed by atoms with Gasteiger partial charge in [-0.05, 0) is 31.7 Å². The minimum Gasteiger partial charge on any atom is -0.436 e. The highest BCUT2D eigenvalue weighted by Crippen LogP contribution is 2.22. The second-order valence-electron chi connectivity index (χ2n) is 4.54. The molecule has 4 heteroatoms. The highest BCUT2D eigenvalue weighted by molar-refractivity contribution is 5.76. The number of aryl methyl sites for hydroxylation is 1. The van der Waals surface area contributed by atoms with Crippen LogP contribution in [-0.4, -0.2) is 30.1 Å². The van der Waals surface area contributed by atoms with Crippen LogP contribution in [0.25, 0.3) is 16.7 Å². The molecule has 1 aromatic heterocycles. The zero-order valence-electron chi connectivity index (χ0n) is 10.0. The van der Waals surface area contributed by atoms with E-state index in [-0.39, 0.29) is 0 Å². The van der Waals surface area contributed by atoms with Gasteiger partial charge in [-0.2, -0.15) is 0 Å². The second-order valence-corrected chi connectivity index (χ2v) is 4.54. The molecule has 2 heterocycles. The van der Waals surface area contributed by atoms with Crippen molar-refractivity contribution in [1.82, 2.24) is 15.2 Å². The molecule has 0 saturated heterocycles. The molecular weight excluding hydrogens is 214 g/mol. The normalized spacial score (nSPS) is 16.9. The Balaban J connectivity index is 2.03. The molecule has 0 amide bonds. The minimum absolute atomic E-state index is 0.713. The van der Waals surface area contributed by atoms with Gasteiger partial charge in [0.15, 0.2) is 5.58 Å². The number of nitrogens with one attached hydrogen (secondary N) is 1. The Labute approximate surface area is 99.9 Å². The van der Waals surface area contributed by atoms with Crippen LogP contribution in [0.2, 0.25) is 0 Å². The monoisotopic (exact) mass is 229 g/mol. The van der Waals surface area contributed by atoms with Gasteiger partial charge in [0.05, 0.1) is 6.67 Å². The van der Waals surface area contributed by atoms with Crippen LogP contribution in [0.4, 0.5) is 0 Å². The summed E-state index contributed by atoms with van der Waals surface area (Å²) in [4.78, 5) is 6.71. The number of hydrogen-bond acceptors (Lipinski definition) is 4. The Hall–Kier alpha value is -1.81. The number of hydrogen-bond donors (Lipinski definition) is 1. The average molecular weight is 229 g/mol. The van der Waals surface area contributed by atoms with Crippen molar-refractivity contribution in [3.63, 3.8) is 0 Å². The van der Waals surface area contributed by atoms with Gasteiger partial charge in [0.1, 0.15) is 5.52 Å². The molecule has 3 rings (SSSR count). The lowest BCUT2D eigenvalue weighted by atomic mass is 10.2. The molecule has 0 radical (unpaired) electrons. The molecule has 0 fully saturated rings. The quantitative estimate of drug-likeness (QED) is 0.811. The predicted octanol–water partition coefficient (Wildman–Crippen LogP) is 1.97. The van der Waals surface area contributed by atoms with E-state index in [2.05, 4.69) is 29.2 Å². The summed E-state index contributed by atoms with van der Waals surface area (Å²) in [7, 11) is 2.06. The Morgan fingerprint density at radius 1 is 1.41 bits per heavy atom. The molecule has 1 N–H and O–H groups in total. The van der Waals surface area contributed by atoms with Crippen molar-refractivity contribution >= 4 is 16.7 Å². The van der Waals surface area contributed by atoms with Crippen LogP contribution in [0.1, 0.15) is 11.5 Å². The molecule has 0 spiro atoms. The lowest BCUT2D eigenvalue weighted by Gasteiger charge is -2.22. The Kier molecular flexibility index (Phi) is 2.37. The van der Waals surface area contributed by atoms with E-state index in [0.717, 1.165) is 29.9 Å². The van der Waals surface area contributed by atoms with E-state index in [1.165, 1.54) is 5.56 Å². The Bertz CT molecular complexity index is 585. The summed E-state index contributed by atoms with van der Waals surface area (Å²) < 4.78 is 5.76. The standard InChI is InChI=1S/C13H15N3O/c1-9-3-4-12-11(5-9)15-13(17-12)10-6-14-8-16(2)7-10/h3-6,14H,7-8H2,1-2H3. The molecular formula is C13H15N3O. The molecule has 0 aliphatic carbocycles. The third-order valence-corrected chi connectivity index (χ3v) is 2.90. The SMILES string of the molecule is Cc1ccc2oc(C3=CNCN(C)C3)nc2c1. The van der Waals surface area contributed by atoms with Crippen molar-refractivity contribution in [1.29, 1.82) is 0 Å². The van der Waals surface area contributed by atoms with Crippen LogP contribution < -0.4 is 5.32 Å². The van der Waals surface area contributed by atoms with E-state index < -0.39 is 0 Å². The molecule has 2 aromatic rings. The first-order chi connectivity index (χ1) is 8.22. The second kappa shape index (κ2) is 3.89. The predicted molar refractivity (Wildman–Crippen MR) is 67.4 cm³/mol. The molecule has 1 aromatic carbocycles. The number of aromatic nitrogens is 1. The fraction of sp³-hybridized carbons (Fsp3) is 0.308. The topological polar surface area (TPSA) is 41.3 Å². The highest BCUT2D eigenvalue weighted by atomic mass is 16.3. The molecule has 0 bridgehead atoms. The number of oxazole rings is 1. The fourth-order valence-corrected chi connectivity index (χ4v) is 2.02. The fourth-order valence-electron chi connectivity index (χ4n) is 2.02. The maximum absolute atomic E-state index is 5.76. The van der Waals surface area contributed by atoms with Gasteiger partial charge < -0.3 is 9.73 Å². The maximum atomic E-state index is 5.76. The van der Waals surface area contributed by atoms with Gasteiger partial charge in [-0.3, -0.25) is 4.90 Å². The van der Waals surface area contributed by atoms with Crippen molar-refractivity contribution in [2.24, 2.45) is 0 Å². The molecule has 17 heavy (non-hydrogen) atoms. The van der Waals surface area contributed by atoms with Crippen LogP contribution in [0.3, 0.4) is 0 Å². The minimum atomic E-state index is 0.713. The summed E-state index contributed by atoms with van der Waals surface area (Å²) in [6.45, 7) is 3.78. The summed E-state index contributed by atoms with van der Waals surface area (Å²) in [5.74, 6) is 0.713. The van der Waals surface area contributed by atoms with Gasteiger partial charge in [-0.15, -0.1) is 0 Å². The number of fused-ring (bicyclic) bond motifs is 1. The smallest absolute Gasteiger partial charge is 0.226 e. The van der Waals surface area contributed by atoms with Gasteiger partial charge >= 0.3 is 0 Å². The number of nitrogens with zero attached hydrogens (tertiary/aromatic N) is 2. The zero-order chi connectivity index (χ0) is 11.8. The largest absolute Gasteiger partial charge is 0.436 e. The number of rotatable bonds is 1. The highest BCUT2D eigenvalue weighted by Gasteiger charge is 2.15. The first-order valence-corrected chi connectivity index (χ1v) is 5.71. The van der Waals surface area contributed by atoms with Crippen LogP contribution in [-0.2, 0) is 0 Å². The van der Waals surface area contributed by atoms with E-state index in [1.807, 2.05) is 24.4 Å². The summed E-state index contributed by atoms with van der Waals surface area (Å²) >= 11 is 0. The van der Waals surface area contributed by atoms with Crippen LogP contribution in [0.15, 0.2) is 28.8 Å². The first kappa shape index (κ1) is 10.4. The Morgan fingerprint density at radius 3 is 3.12 bits per heavy atom. The molecule has 1 aliphatic rings. The van der Waals surface area contributed by atoms with E-state index >= 15 is 0 Å². The molecule has 0 unspecified atom stereocenters. The Morgan fingerprint density at radius 2 is 2.29 bits per heavy atom. The van der Waals surface area contributed by atoms with Gasteiger partial charge in [-0.25, -0.2) is 4.98 Å². The van der Waals surface area contributed by atoms with Crippen molar-refractivity contribution < 1.29 is 4.42 Å². The van der Waals surface area contributed by atoms with Crippen molar-refractivity contribution in [3.8, 4) is 0 Å². The van der Waals surface area contributed by atoms with Crippen molar-refractivity contribution in [2.45, 2.75) is 6.92 Å². The summed E-state index contributed by atoms with van der Waals surface area (Å²) in [5.41, 5.74) is 4.06. The lowest BCUT2D eigenvalue weighted by Crippen LogP contribution is -2.34. The molecule has 88 valence electrons. The first-order valence-electron chi connectivity index (χ1n) is 5.71. The third-order valence-electron chi connectivity index (χ3n) is 2.90. The van der Waals surface area contributed by atoms with Gasteiger partial charge in [0.2, 0.25) is 5.89 Å². The molecule has 1 aliphatic heterocycles. The van der Waals surface area contributed by atoms with Gasteiger partial charge in [-0.1, -0.05) is 6.07 Å². The van der Waals surface area contributed by atoms with Crippen molar-refractivity contribution in [3.05, 3.63) is 35.9 Å². The van der Waals surface area contributed by atoms with Gasteiger partial charge in [0.25, 0.3) is 0 Å². The van der Waals surface area contributed by atoms with E-state index in [0.29, 0.717) is 5.89 Å². The van der Waals surface area contributed by atoms with Crippen molar-refractivity contribution in [2.75, 3.05) is 20.3 Å². The summed E-state index contributed by atoms with van der Waals surface area (Å²) in [5, 5.41) is 3.20. The van der Waals surface area contributed by atoms with Gasteiger partial charge in [0, 0.05) is 18.3 Å².